The molecule has 0 aliphatic heterocycles. The minimum absolute atomic E-state index is 0.113. The van der Waals surface area contributed by atoms with Crippen LogP contribution in [0.2, 0.25) is 0 Å². The molecular formula is C9H6BrF3O. The van der Waals surface area contributed by atoms with Gasteiger partial charge in [-0.1, -0.05) is 15.9 Å². The molecule has 0 heterocycles. The van der Waals surface area contributed by atoms with Crippen LogP contribution >= 0.6 is 15.9 Å². The molecule has 0 aliphatic rings. The molecular weight excluding hydrogens is 261 g/mol. The number of rotatable bonds is 2. The molecule has 0 aliphatic carbocycles. The van der Waals surface area contributed by atoms with Crippen LogP contribution in [0.5, 0.6) is 0 Å². The van der Waals surface area contributed by atoms with Crippen LogP contribution in [0.25, 0.3) is 0 Å². The molecule has 0 atom stereocenters. The van der Waals surface area contributed by atoms with E-state index >= 15 is 0 Å². The molecule has 0 saturated heterocycles. The van der Waals surface area contributed by atoms with Crippen molar-refractivity contribution < 1.29 is 18.0 Å². The Hall–Kier alpha value is -0.840. The molecule has 14 heavy (non-hydrogen) atoms. The zero-order valence-electron chi connectivity index (χ0n) is 7.15. The van der Waals surface area contributed by atoms with Gasteiger partial charge in [0.15, 0.2) is 0 Å². The van der Waals surface area contributed by atoms with E-state index in [1.165, 1.54) is 0 Å². The molecule has 0 bridgehead atoms. The molecule has 0 radical (unpaired) electrons. The number of ketones is 1. The Bertz CT molecular complexity index is 376. The highest BCUT2D eigenvalue weighted by atomic mass is 79.9. The van der Waals surface area contributed by atoms with E-state index in [1.807, 2.05) is 0 Å². The summed E-state index contributed by atoms with van der Waals surface area (Å²) in [6, 6.07) is 2.67. The maximum Gasteiger partial charge on any atom is 0.331 e. The van der Waals surface area contributed by atoms with E-state index < -0.39 is 23.1 Å². The summed E-state index contributed by atoms with van der Waals surface area (Å²) in [7, 11) is 0. The number of carbonyl (C=O) groups is 1. The highest BCUT2D eigenvalue weighted by Gasteiger charge is 2.39. The van der Waals surface area contributed by atoms with E-state index in [2.05, 4.69) is 15.9 Å². The van der Waals surface area contributed by atoms with Crippen molar-refractivity contribution in [1.82, 2.24) is 0 Å². The van der Waals surface area contributed by atoms with Crippen LogP contribution in [0.1, 0.15) is 12.5 Å². The van der Waals surface area contributed by atoms with Crippen molar-refractivity contribution >= 4 is 21.7 Å². The summed E-state index contributed by atoms with van der Waals surface area (Å²) in [6.07, 6.45) is 0. The first-order valence-corrected chi connectivity index (χ1v) is 4.49. The van der Waals surface area contributed by atoms with Crippen molar-refractivity contribution in [2.24, 2.45) is 0 Å². The molecule has 1 nitrogen and oxygen atoms in total. The third-order valence-corrected chi connectivity index (χ3v) is 2.37. The lowest BCUT2D eigenvalue weighted by molar-refractivity contribution is -0.142. The van der Waals surface area contributed by atoms with E-state index in [0.29, 0.717) is 0 Å². The first-order chi connectivity index (χ1) is 6.35. The molecule has 1 rings (SSSR count). The number of hydrogen-bond acceptors (Lipinski definition) is 1. The zero-order chi connectivity index (χ0) is 10.9. The quantitative estimate of drug-likeness (QED) is 0.803. The maximum atomic E-state index is 13.2. The highest BCUT2D eigenvalue weighted by molar-refractivity contribution is 9.10. The predicted molar refractivity (Wildman–Crippen MR) is 48.7 cm³/mol. The third kappa shape index (κ3) is 1.97. The van der Waals surface area contributed by atoms with Gasteiger partial charge in [-0.15, -0.1) is 0 Å². The first kappa shape index (κ1) is 11.2. The molecule has 0 unspecified atom stereocenters. The lowest BCUT2D eigenvalue weighted by Gasteiger charge is -2.14. The van der Waals surface area contributed by atoms with Crippen molar-refractivity contribution in [3.63, 3.8) is 0 Å². The topological polar surface area (TPSA) is 17.1 Å². The number of Topliss-reactive ketones (excluding diaryl/α,β-unsaturated/α-hetero) is 1. The Morgan fingerprint density at radius 3 is 2.43 bits per heavy atom. The number of alkyl halides is 2. The summed E-state index contributed by atoms with van der Waals surface area (Å²) in [4.78, 5) is 10.6. The van der Waals surface area contributed by atoms with Gasteiger partial charge in [0.2, 0.25) is 5.78 Å². The van der Waals surface area contributed by atoms with Crippen molar-refractivity contribution in [3.05, 3.63) is 34.1 Å². The second-order valence-corrected chi connectivity index (χ2v) is 3.61. The highest BCUT2D eigenvalue weighted by Crippen LogP contribution is 2.34. The number of hydrogen-bond donors (Lipinski definition) is 0. The van der Waals surface area contributed by atoms with E-state index in [0.717, 1.165) is 25.1 Å². The van der Waals surface area contributed by atoms with Gasteiger partial charge in [-0.25, -0.2) is 4.39 Å². The van der Waals surface area contributed by atoms with Crippen LogP contribution in [0.3, 0.4) is 0 Å². The van der Waals surface area contributed by atoms with Gasteiger partial charge in [-0.3, -0.25) is 4.79 Å². The van der Waals surface area contributed by atoms with Gasteiger partial charge in [0.05, 0.1) is 0 Å². The minimum Gasteiger partial charge on any atom is -0.293 e. The lowest BCUT2D eigenvalue weighted by Crippen LogP contribution is -2.23. The number of benzene rings is 1. The molecule has 1 aromatic carbocycles. The Labute approximate surface area is 87.1 Å². The zero-order valence-corrected chi connectivity index (χ0v) is 8.74. The number of halogens is 4. The fourth-order valence-electron chi connectivity index (χ4n) is 0.934. The lowest BCUT2D eigenvalue weighted by atomic mass is 10.1. The Kier molecular flexibility index (Phi) is 2.99. The average molecular weight is 267 g/mol. The van der Waals surface area contributed by atoms with Crippen LogP contribution in [0, 0.1) is 5.82 Å². The van der Waals surface area contributed by atoms with Gasteiger partial charge in [-0.2, -0.15) is 8.78 Å². The van der Waals surface area contributed by atoms with Crippen molar-refractivity contribution in [3.8, 4) is 0 Å². The van der Waals surface area contributed by atoms with Gasteiger partial charge in [0, 0.05) is 17.0 Å². The van der Waals surface area contributed by atoms with E-state index in [4.69, 9.17) is 0 Å². The summed E-state index contributed by atoms with van der Waals surface area (Å²) in [5.74, 6) is -5.49. The van der Waals surface area contributed by atoms with Crippen LogP contribution in [0.4, 0.5) is 13.2 Å². The van der Waals surface area contributed by atoms with Crippen molar-refractivity contribution in [2.45, 2.75) is 12.8 Å². The number of carbonyl (C=O) groups excluding carboxylic acids is 1. The monoisotopic (exact) mass is 266 g/mol. The van der Waals surface area contributed by atoms with Crippen molar-refractivity contribution in [2.75, 3.05) is 0 Å². The summed E-state index contributed by atoms with van der Waals surface area (Å²) in [5.41, 5.74) is -0.522. The van der Waals surface area contributed by atoms with E-state index in [-0.39, 0.29) is 4.47 Å². The van der Waals surface area contributed by atoms with Gasteiger partial charge in [-0.05, 0) is 18.2 Å². The molecule has 0 N–H and O–H groups in total. The molecule has 0 amide bonds. The Balaban J connectivity index is 3.26. The second-order valence-electron chi connectivity index (χ2n) is 2.75. The predicted octanol–water partition coefficient (Wildman–Crippen LogP) is 3.27. The Morgan fingerprint density at radius 1 is 1.43 bits per heavy atom. The molecule has 0 saturated carbocycles. The van der Waals surface area contributed by atoms with Gasteiger partial charge < -0.3 is 0 Å². The maximum absolute atomic E-state index is 13.2. The van der Waals surface area contributed by atoms with Gasteiger partial charge >= 0.3 is 5.92 Å². The molecule has 5 heteroatoms. The third-order valence-electron chi connectivity index (χ3n) is 1.71. The normalized spacial score (nSPS) is 11.5. The summed E-state index contributed by atoms with van der Waals surface area (Å²) in [5, 5.41) is 0. The Morgan fingerprint density at radius 2 is 2.00 bits per heavy atom. The molecule has 76 valence electrons. The standard InChI is InChI=1S/C9H6BrF3O/c1-5(14)9(12,13)7-3-2-6(11)4-8(7)10/h2-4H,1H3. The summed E-state index contributed by atoms with van der Waals surface area (Å²) >= 11 is 2.78. The molecule has 1 aromatic rings. The first-order valence-electron chi connectivity index (χ1n) is 3.70. The largest absolute Gasteiger partial charge is 0.331 e. The van der Waals surface area contributed by atoms with Crippen LogP contribution in [-0.2, 0) is 10.7 Å². The minimum atomic E-state index is -3.58. The smallest absolute Gasteiger partial charge is 0.293 e. The van der Waals surface area contributed by atoms with Crippen LogP contribution in [-0.4, -0.2) is 5.78 Å². The fraction of sp³-hybridized carbons (Fsp3) is 0.222. The van der Waals surface area contributed by atoms with Crippen LogP contribution < -0.4 is 0 Å². The molecule has 0 aromatic heterocycles. The molecule has 0 spiro atoms. The fourth-order valence-corrected chi connectivity index (χ4v) is 1.53. The molecule has 0 fully saturated rings. The summed E-state index contributed by atoms with van der Waals surface area (Å²) in [6.45, 7) is 0.787. The van der Waals surface area contributed by atoms with Gasteiger partial charge in [0.25, 0.3) is 0 Å². The van der Waals surface area contributed by atoms with Gasteiger partial charge in [0.1, 0.15) is 5.82 Å². The SMILES string of the molecule is CC(=O)C(F)(F)c1ccc(F)cc1Br. The average Bonchev–Trinajstić information content (AvgIpc) is 2.02. The van der Waals surface area contributed by atoms with E-state index in [1.54, 1.807) is 0 Å². The van der Waals surface area contributed by atoms with E-state index in [9.17, 15) is 18.0 Å². The second kappa shape index (κ2) is 3.73. The van der Waals surface area contributed by atoms with Crippen molar-refractivity contribution in [1.29, 1.82) is 0 Å². The van der Waals surface area contributed by atoms with Crippen LogP contribution in [0.15, 0.2) is 22.7 Å². The summed E-state index contributed by atoms with van der Waals surface area (Å²) < 4.78 is 38.8.